The van der Waals surface area contributed by atoms with E-state index in [4.69, 9.17) is 0 Å². The second-order valence-corrected chi connectivity index (χ2v) is 3.58. The van der Waals surface area contributed by atoms with Gasteiger partial charge >= 0.3 is 0 Å². The molecule has 1 unspecified atom stereocenters. The third kappa shape index (κ3) is 1.50. The molecule has 1 aromatic rings. The van der Waals surface area contributed by atoms with E-state index in [0.717, 1.165) is 5.82 Å². The zero-order valence-electron chi connectivity index (χ0n) is 8.32. The predicted octanol–water partition coefficient (Wildman–Crippen LogP) is -0.431. The average Bonchev–Trinajstić information content (AvgIpc) is 2.57. The molecule has 0 aliphatic carbocycles. The van der Waals surface area contributed by atoms with E-state index in [2.05, 4.69) is 15.6 Å². The molecule has 5 nitrogen and oxygen atoms in total. The van der Waals surface area contributed by atoms with Crippen molar-refractivity contribution in [3.05, 3.63) is 18.2 Å². The van der Waals surface area contributed by atoms with Crippen molar-refractivity contribution >= 4 is 5.91 Å². The van der Waals surface area contributed by atoms with Crippen molar-refractivity contribution in [2.75, 3.05) is 6.54 Å². The van der Waals surface area contributed by atoms with Crippen LogP contribution in [0.4, 0.5) is 0 Å². The molecule has 0 radical (unpaired) electrons. The van der Waals surface area contributed by atoms with Crippen molar-refractivity contribution in [3.8, 4) is 0 Å². The highest BCUT2D eigenvalue weighted by Gasteiger charge is 2.26. The monoisotopic (exact) mass is 194 g/mol. The van der Waals surface area contributed by atoms with Gasteiger partial charge in [0.2, 0.25) is 5.91 Å². The molecular weight excluding hydrogens is 180 g/mol. The van der Waals surface area contributed by atoms with Crippen LogP contribution in [0.25, 0.3) is 0 Å². The van der Waals surface area contributed by atoms with Gasteiger partial charge in [0.15, 0.2) is 0 Å². The lowest BCUT2D eigenvalue weighted by atomic mass is 10.1. The van der Waals surface area contributed by atoms with Crippen molar-refractivity contribution < 1.29 is 4.79 Å². The number of hydrogen-bond donors (Lipinski definition) is 2. The van der Waals surface area contributed by atoms with Crippen molar-refractivity contribution in [3.63, 3.8) is 0 Å². The molecule has 0 saturated carbocycles. The number of nitrogens with zero attached hydrogens (tertiary/aromatic N) is 2. The summed E-state index contributed by atoms with van der Waals surface area (Å²) in [6, 6.07) is -0.0341. The maximum atomic E-state index is 11.2. The van der Waals surface area contributed by atoms with E-state index in [0.29, 0.717) is 6.54 Å². The molecule has 1 fully saturated rings. The van der Waals surface area contributed by atoms with E-state index in [-0.39, 0.29) is 18.0 Å². The van der Waals surface area contributed by atoms with Crippen LogP contribution in [-0.2, 0) is 11.8 Å². The van der Waals surface area contributed by atoms with Crippen molar-refractivity contribution in [1.29, 1.82) is 0 Å². The Balaban J connectivity index is 2.14. The Labute approximate surface area is 82.5 Å². The standard InChI is InChI=1S/C9H14N4O/c1-6-9(14)11-5-7(12-6)8-10-3-4-13(8)2/h3-4,6-7,12H,5H2,1-2H3,(H,11,14)/t6-,7?/m0/s1. The van der Waals surface area contributed by atoms with E-state index >= 15 is 0 Å². The Morgan fingerprint density at radius 3 is 3.00 bits per heavy atom. The molecule has 1 aromatic heterocycles. The van der Waals surface area contributed by atoms with Crippen LogP contribution in [0, 0.1) is 0 Å². The molecule has 76 valence electrons. The molecule has 1 aliphatic heterocycles. The fourth-order valence-electron chi connectivity index (χ4n) is 1.67. The van der Waals surface area contributed by atoms with E-state index in [1.807, 2.05) is 24.7 Å². The van der Waals surface area contributed by atoms with Gasteiger partial charge in [-0.15, -0.1) is 0 Å². The van der Waals surface area contributed by atoms with Crippen LogP contribution >= 0.6 is 0 Å². The highest BCUT2D eigenvalue weighted by Crippen LogP contribution is 2.12. The SMILES string of the molecule is C[C@@H]1NC(c2nccn2C)CNC1=O. The normalized spacial score (nSPS) is 27.4. The lowest BCUT2D eigenvalue weighted by Gasteiger charge is -2.28. The molecule has 0 spiro atoms. The third-order valence-corrected chi connectivity index (χ3v) is 2.50. The van der Waals surface area contributed by atoms with Crippen LogP contribution < -0.4 is 10.6 Å². The summed E-state index contributed by atoms with van der Waals surface area (Å²) in [4.78, 5) is 15.4. The van der Waals surface area contributed by atoms with Crippen LogP contribution in [0.5, 0.6) is 0 Å². The van der Waals surface area contributed by atoms with Gasteiger partial charge in [-0.05, 0) is 6.92 Å². The number of rotatable bonds is 1. The lowest BCUT2D eigenvalue weighted by Crippen LogP contribution is -2.53. The molecule has 2 heterocycles. The summed E-state index contributed by atoms with van der Waals surface area (Å²) in [5.41, 5.74) is 0. The first kappa shape index (κ1) is 9.21. The van der Waals surface area contributed by atoms with Gasteiger partial charge in [0, 0.05) is 26.0 Å². The number of aromatic nitrogens is 2. The van der Waals surface area contributed by atoms with Crippen molar-refractivity contribution in [1.82, 2.24) is 20.2 Å². The number of carbonyl (C=O) groups excluding carboxylic acids is 1. The molecule has 2 N–H and O–H groups in total. The van der Waals surface area contributed by atoms with Gasteiger partial charge < -0.3 is 9.88 Å². The number of nitrogens with one attached hydrogen (secondary N) is 2. The minimum Gasteiger partial charge on any atom is -0.353 e. The van der Waals surface area contributed by atoms with E-state index < -0.39 is 0 Å². The second kappa shape index (κ2) is 3.42. The Morgan fingerprint density at radius 2 is 2.43 bits per heavy atom. The molecule has 1 amide bonds. The summed E-state index contributed by atoms with van der Waals surface area (Å²) in [6.45, 7) is 2.46. The average molecular weight is 194 g/mol. The minimum absolute atomic E-state index is 0.0514. The molecule has 1 saturated heterocycles. The zero-order chi connectivity index (χ0) is 10.1. The maximum absolute atomic E-state index is 11.2. The molecular formula is C9H14N4O. The summed E-state index contributed by atoms with van der Waals surface area (Å²) in [5.74, 6) is 1.01. The number of aryl methyl sites for hydroxylation is 1. The van der Waals surface area contributed by atoms with Gasteiger partial charge in [-0.1, -0.05) is 0 Å². The van der Waals surface area contributed by atoms with Gasteiger partial charge in [0.1, 0.15) is 5.82 Å². The summed E-state index contributed by atoms with van der Waals surface area (Å²) in [5, 5.41) is 6.06. The van der Waals surface area contributed by atoms with Crippen LogP contribution in [0.1, 0.15) is 18.8 Å². The van der Waals surface area contributed by atoms with Gasteiger partial charge in [-0.3, -0.25) is 10.1 Å². The Bertz CT molecular complexity index is 346. The van der Waals surface area contributed by atoms with Crippen LogP contribution in [0.15, 0.2) is 12.4 Å². The van der Waals surface area contributed by atoms with Gasteiger partial charge in [-0.25, -0.2) is 4.98 Å². The Morgan fingerprint density at radius 1 is 1.64 bits per heavy atom. The highest BCUT2D eigenvalue weighted by molar-refractivity contribution is 5.82. The molecule has 0 bridgehead atoms. The smallest absolute Gasteiger partial charge is 0.236 e. The van der Waals surface area contributed by atoms with E-state index in [1.54, 1.807) is 6.20 Å². The molecule has 5 heteroatoms. The zero-order valence-corrected chi connectivity index (χ0v) is 8.32. The van der Waals surface area contributed by atoms with Crippen LogP contribution in [-0.4, -0.2) is 28.0 Å². The lowest BCUT2D eigenvalue weighted by molar-refractivity contribution is -0.124. The molecule has 2 atom stereocenters. The number of piperazine rings is 1. The highest BCUT2D eigenvalue weighted by atomic mass is 16.2. The Kier molecular flexibility index (Phi) is 2.25. The minimum atomic E-state index is -0.148. The first-order valence-electron chi connectivity index (χ1n) is 4.69. The van der Waals surface area contributed by atoms with E-state index in [9.17, 15) is 4.79 Å². The molecule has 14 heavy (non-hydrogen) atoms. The molecule has 2 rings (SSSR count). The quantitative estimate of drug-likeness (QED) is 0.637. The van der Waals surface area contributed by atoms with Gasteiger partial charge in [-0.2, -0.15) is 0 Å². The van der Waals surface area contributed by atoms with Crippen molar-refractivity contribution in [2.45, 2.75) is 19.0 Å². The molecule has 1 aliphatic rings. The summed E-state index contributed by atoms with van der Waals surface area (Å²) < 4.78 is 1.96. The largest absolute Gasteiger partial charge is 0.353 e. The number of amides is 1. The van der Waals surface area contributed by atoms with Gasteiger partial charge in [0.25, 0.3) is 0 Å². The number of hydrogen-bond acceptors (Lipinski definition) is 3. The fourth-order valence-corrected chi connectivity index (χ4v) is 1.67. The van der Waals surface area contributed by atoms with Crippen LogP contribution in [0.2, 0.25) is 0 Å². The second-order valence-electron chi connectivity index (χ2n) is 3.58. The van der Waals surface area contributed by atoms with Crippen molar-refractivity contribution in [2.24, 2.45) is 7.05 Å². The van der Waals surface area contributed by atoms with Crippen LogP contribution in [0.3, 0.4) is 0 Å². The Hall–Kier alpha value is -1.36. The number of carbonyl (C=O) groups is 1. The third-order valence-electron chi connectivity index (χ3n) is 2.50. The predicted molar refractivity (Wildman–Crippen MR) is 51.6 cm³/mol. The van der Waals surface area contributed by atoms with E-state index in [1.165, 1.54) is 0 Å². The molecule has 0 aromatic carbocycles. The van der Waals surface area contributed by atoms with Gasteiger partial charge in [0.05, 0.1) is 12.1 Å². The topological polar surface area (TPSA) is 59.0 Å². The number of imidazole rings is 1. The maximum Gasteiger partial charge on any atom is 0.236 e. The summed E-state index contributed by atoms with van der Waals surface area (Å²) >= 11 is 0. The summed E-state index contributed by atoms with van der Waals surface area (Å²) in [6.07, 6.45) is 3.66. The first-order chi connectivity index (χ1) is 6.68. The summed E-state index contributed by atoms with van der Waals surface area (Å²) in [7, 11) is 1.95. The first-order valence-corrected chi connectivity index (χ1v) is 4.69. The fraction of sp³-hybridized carbons (Fsp3) is 0.556.